The molecule has 0 aliphatic carbocycles. The molecule has 1 aromatic carbocycles. The van der Waals surface area contributed by atoms with Crippen LogP contribution in [-0.4, -0.2) is 52.3 Å². The minimum Gasteiger partial charge on any atom is -0.350 e. The van der Waals surface area contributed by atoms with Crippen molar-refractivity contribution in [2.24, 2.45) is 0 Å². The van der Waals surface area contributed by atoms with Crippen LogP contribution in [0, 0.1) is 0 Å². The molecule has 1 N–H and O–H groups in total. The lowest BCUT2D eigenvalue weighted by Gasteiger charge is -2.15. The molecule has 2 aromatic rings. The van der Waals surface area contributed by atoms with Crippen LogP contribution in [0.5, 0.6) is 0 Å². The van der Waals surface area contributed by atoms with Gasteiger partial charge in [0.05, 0.1) is 6.20 Å². The Hall–Kier alpha value is -2.70. The van der Waals surface area contributed by atoms with E-state index in [2.05, 4.69) is 34.7 Å². The van der Waals surface area contributed by atoms with Crippen LogP contribution in [0.15, 0.2) is 36.5 Å². The van der Waals surface area contributed by atoms with E-state index >= 15 is 0 Å². The second kappa shape index (κ2) is 8.24. The molecule has 0 unspecified atom stereocenters. The molecule has 1 heterocycles. The lowest BCUT2D eigenvalue weighted by atomic mass is 9.96. The van der Waals surface area contributed by atoms with Gasteiger partial charge in [-0.2, -0.15) is 0 Å². The highest BCUT2D eigenvalue weighted by Crippen LogP contribution is 2.18. The van der Waals surface area contributed by atoms with Gasteiger partial charge in [-0.05, 0) is 12.0 Å². The summed E-state index contributed by atoms with van der Waals surface area (Å²) in [6.45, 7) is 2.69. The molecule has 2 rings (SSSR count). The van der Waals surface area contributed by atoms with E-state index in [9.17, 15) is 9.59 Å². The van der Waals surface area contributed by atoms with E-state index in [0.717, 1.165) is 6.42 Å². The van der Waals surface area contributed by atoms with E-state index in [1.54, 1.807) is 14.1 Å². The molecule has 1 atom stereocenters. The SMILES string of the molecule is CC[C@H](CNC(=O)c1cn(CC(=O)N(C)C)nn1)c1ccccc1. The lowest BCUT2D eigenvalue weighted by molar-refractivity contribution is -0.129. The fraction of sp³-hybridized carbons (Fsp3) is 0.412. The highest BCUT2D eigenvalue weighted by Gasteiger charge is 2.15. The second-order valence-corrected chi connectivity index (χ2v) is 5.82. The Morgan fingerprint density at radius 1 is 1.25 bits per heavy atom. The van der Waals surface area contributed by atoms with Crippen molar-refractivity contribution in [2.45, 2.75) is 25.8 Å². The zero-order valence-electron chi connectivity index (χ0n) is 14.3. The van der Waals surface area contributed by atoms with Gasteiger partial charge in [-0.25, -0.2) is 4.68 Å². The largest absolute Gasteiger partial charge is 0.350 e. The lowest BCUT2D eigenvalue weighted by Crippen LogP contribution is -2.28. The fourth-order valence-electron chi connectivity index (χ4n) is 2.29. The summed E-state index contributed by atoms with van der Waals surface area (Å²) in [5.41, 5.74) is 1.41. The second-order valence-electron chi connectivity index (χ2n) is 5.82. The average molecular weight is 329 g/mol. The molecule has 0 aliphatic heterocycles. The first-order chi connectivity index (χ1) is 11.5. The Morgan fingerprint density at radius 3 is 2.58 bits per heavy atom. The van der Waals surface area contributed by atoms with E-state index in [1.807, 2.05) is 18.2 Å². The molecule has 2 amide bonds. The molecule has 24 heavy (non-hydrogen) atoms. The molecule has 7 nitrogen and oxygen atoms in total. The first-order valence-corrected chi connectivity index (χ1v) is 7.94. The molecule has 0 fully saturated rings. The maximum Gasteiger partial charge on any atom is 0.273 e. The molecule has 0 radical (unpaired) electrons. The molecule has 0 saturated carbocycles. The number of hydrogen-bond acceptors (Lipinski definition) is 4. The summed E-state index contributed by atoms with van der Waals surface area (Å²) in [4.78, 5) is 25.3. The summed E-state index contributed by atoms with van der Waals surface area (Å²) in [7, 11) is 3.34. The Balaban J connectivity index is 1.93. The highest BCUT2D eigenvalue weighted by atomic mass is 16.2. The van der Waals surface area contributed by atoms with Gasteiger partial charge in [-0.3, -0.25) is 9.59 Å². The van der Waals surface area contributed by atoms with Gasteiger partial charge < -0.3 is 10.2 Å². The van der Waals surface area contributed by atoms with Crippen molar-refractivity contribution in [1.29, 1.82) is 0 Å². The molecule has 0 bridgehead atoms. The van der Waals surface area contributed by atoms with Gasteiger partial charge in [-0.15, -0.1) is 5.10 Å². The predicted molar refractivity (Wildman–Crippen MR) is 90.5 cm³/mol. The number of amides is 2. The monoisotopic (exact) mass is 329 g/mol. The number of aromatic nitrogens is 3. The Kier molecular flexibility index (Phi) is 6.06. The van der Waals surface area contributed by atoms with Crippen LogP contribution in [0.2, 0.25) is 0 Å². The number of nitrogens with zero attached hydrogens (tertiary/aromatic N) is 4. The number of rotatable bonds is 7. The molecular weight excluding hydrogens is 306 g/mol. The summed E-state index contributed by atoms with van der Waals surface area (Å²) in [5.74, 6) is -0.143. The molecular formula is C17H23N5O2. The van der Waals surface area contributed by atoms with Crippen LogP contribution in [0.25, 0.3) is 0 Å². The molecule has 7 heteroatoms. The van der Waals surface area contributed by atoms with Crippen molar-refractivity contribution in [3.05, 3.63) is 47.8 Å². The minimum atomic E-state index is -0.284. The topological polar surface area (TPSA) is 80.1 Å². The number of hydrogen-bond donors (Lipinski definition) is 1. The van der Waals surface area contributed by atoms with Gasteiger partial charge in [0.25, 0.3) is 5.91 Å². The molecule has 1 aromatic heterocycles. The predicted octanol–water partition coefficient (Wildman–Crippen LogP) is 1.29. The Morgan fingerprint density at radius 2 is 1.96 bits per heavy atom. The smallest absolute Gasteiger partial charge is 0.273 e. The molecule has 0 aliphatic rings. The Bertz CT molecular complexity index is 681. The van der Waals surface area contributed by atoms with E-state index in [4.69, 9.17) is 0 Å². The number of benzene rings is 1. The standard InChI is InChI=1S/C17H23N5O2/c1-4-13(14-8-6-5-7-9-14)10-18-17(24)15-11-22(20-19-15)12-16(23)21(2)3/h5-9,11,13H,4,10,12H2,1-3H3,(H,18,24)/t13-/m1/s1. The van der Waals surface area contributed by atoms with Gasteiger partial charge in [-0.1, -0.05) is 42.5 Å². The van der Waals surface area contributed by atoms with E-state index < -0.39 is 0 Å². The summed E-state index contributed by atoms with van der Waals surface area (Å²) in [6.07, 6.45) is 2.41. The number of carbonyl (C=O) groups excluding carboxylic acids is 2. The van der Waals surface area contributed by atoms with Crippen LogP contribution < -0.4 is 5.32 Å². The zero-order chi connectivity index (χ0) is 17.5. The normalized spacial score (nSPS) is 11.8. The van der Waals surface area contributed by atoms with Crippen molar-refractivity contribution < 1.29 is 9.59 Å². The van der Waals surface area contributed by atoms with Crippen molar-refractivity contribution in [3.63, 3.8) is 0 Å². The third kappa shape index (κ3) is 4.65. The van der Waals surface area contributed by atoms with Gasteiger partial charge in [0.15, 0.2) is 5.69 Å². The van der Waals surface area contributed by atoms with Crippen molar-refractivity contribution in [2.75, 3.05) is 20.6 Å². The van der Waals surface area contributed by atoms with Gasteiger partial charge in [0, 0.05) is 26.6 Å². The van der Waals surface area contributed by atoms with Crippen molar-refractivity contribution >= 4 is 11.8 Å². The van der Waals surface area contributed by atoms with E-state index in [0.29, 0.717) is 6.54 Å². The summed E-state index contributed by atoms with van der Waals surface area (Å²) < 4.78 is 1.37. The zero-order valence-corrected chi connectivity index (χ0v) is 14.3. The molecule has 128 valence electrons. The third-order valence-corrected chi connectivity index (χ3v) is 3.84. The van der Waals surface area contributed by atoms with Crippen LogP contribution in [0.3, 0.4) is 0 Å². The highest BCUT2D eigenvalue weighted by molar-refractivity contribution is 5.91. The van der Waals surface area contributed by atoms with Crippen LogP contribution in [-0.2, 0) is 11.3 Å². The van der Waals surface area contributed by atoms with Crippen LogP contribution in [0.1, 0.15) is 35.3 Å². The third-order valence-electron chi connectivity index (χ3n) is 3.84. The maximum atomic E-state index is 12.2. The summed E-state index contributed by atoms with van der Waals surface area (Å²) >= 11 is 0. The van der Waals surface area contributed by atoms with Crippen molar-refractivity contribution in [1.82, 2.24) is 25.2 Å². The Labute approximate surface area is 141 Å². The van der Waals surface area contributed by atoms with Gasteiger partial charge in [0.2, 0.25) is 5.91 Å². The summed E-state index contributed by atoms with van der Waals surface area (Å²) in [5, 5.41) is 10.5. The first kappa shape index (κ1) is 17.7. The number of carbonyl (C=O) groups is 2. The van der Waals surface area contributed by atoms with Crippen LogP contribution >= 0.6 is 0 Å². The van der Waals surface area contributed by atoms with E-state index in [-0.39, 0.29) is 30.0 Å². The quantitative estimate of drug-likeness (QED) is 0.830. The molecule has 0 saturated heterocycles. The first-order valence-electron chi connectivity index (χ1n) is 7.94. The number of nitrogens with one attached hydrogen (secondary N) is 1. The summed E-state index contributed by atoms with van der Waals surface area (Å²) in [6, 6.07) is 10.1. The maximum absolute atomic E-state index is 12.2. The minimum absolute atomic E-state index is 0.0644. The van der Waals surface area contributed by atoms with Crippen LogP contribution in [0.4, 0.5) is 0 Å². The fourth-order valence-corrected chi connectivity index (χ4v) is 2.29. The van der Waals surface area contributed by atoms with E-state index in [1.165, 1.54) is 21.3 Å². The van der Waals surface area contributed by atoms with Gasteiger partial charge >= 0.3 is 0 Å². The molecule has 0 spiro atoms. The number of likely N-dealkylation sites (N-methyl/N-ethyl adjacent to an activating group) is 1. The average Bonchev–Trinajstić information content (AvgIpc) is 3.04. The van der Waals surface area contributed by atoms with Gasteiger partial charge in [0.1, 0.15) is 6.54 Å². The van der Waals surface area contributed by atoms with Crippen molar-refractivity contribution in [3.8, 4) is 0 Å².